The van der Waals surface area contributed by atoms with Gasteiger partial charge in [0.2, 0.25) is 5.91 Å². The summed E-state index contributed by atoms with van der Waals surface area (Å²) < 4.78 is 11.3. The van der Waals surface area contributed by atoms with E-state index in [0.717, 1.165) is 96.3 Å². The number of nitrogens with one attached hydrogen (secondary N) is 1. The quantitative estimate of drug-likeness (QED) is 0.0261. The Morgan fingerprint density at radius 2 is 0.663 bits per heavy atom. The number of rotatable bonds is 69. The predicted octanol–water partition coefficient (Wildman–Crippen LogP) is 23.1. The van der Waals surface area contributed by atoms with E-state index in [0.29, 0.717) is 6.42 Å². The average Bonchev–Trinajstić information content (AvgIpc) is 0.836. The zero-order valence-electron chi connectivity index (χ0n) is 61.4. The Morgan fingerprint density at radius 3 is 1.01 bits per heavy atom. The van der Waals surface area contributed by atoms with Gasteiger partial charge in [-0.05, 0) is 109 Å². The molecule has 1 saturated heterocycles. The molecule has 1 aliphatic heterocycles. The van der Waals surface area contributed by atoms with Crippen molar-refractivity contribution < 1.29 is 39.8 Å². The number of hydrogen-bond donors (Lipinski definition) is 6. The second-order valence-corrected chi connectivity index (χ2v) is 27.1. The first-order valence-electron chi connectivity index (χ1n) is 39.9. The highest BCUT2D eigenvalue weighted by Gasteiger charge is 2.44. The summed E-state index contributed by atoms with van der Waals surface area (Å²) in [5.74, 6) is -0.191. The Hall–Kier alpha value is -3.67. The van der Waals surface area contributed by atoms with E-state index in [4.69, 9.17) is 9.47 Å². The standard InChI is InChI=1S/C86H149NO8/c1-3-5-7-9-11-13-15-17-19-21-23-25-27-29-31-33-35-36-37-38-39-40-41-42-43-44-46-48-50-52-54-56-58-60-62-64-66-68-70-72-74-76-82(90)87-79(78-94-86-85(93)84(92)83(91)81(77-88)95-86)80(89)75-73-71-69-67-65-63-61-59-57-55-53-51-49-47-45-34-32-30-28-26-24-22-20-18-16-14-12-10-8-6-4-2/h5,7,11,13,17,19,23,25,29,31,35-36,38-39,41-42,57,59,65,67,73,75,79-81,83-86,88-89,91-93H,3-4,6,8-10,12,14-16,18,20-22,24,26-28,30,32-34,37,40,43-56,58,60-64,66,68-72,74,76-78H2,1-2H3,(H,87,90)/b7-5-,13-11-,19-17-,25-23-,31-29-,36-35-,39-38-,42-41-,59-57+,67-65+,75-73+. The van der Waals surface area contributed by atoms with Crippen molar-refractivity contribution in [3.05, 3.63) is 134 Å². The van der Waals surface area contributed by atoms with Crippen LogP contribution in [0.4, 0.5) is 0 Å². The van der Waals surface area contributed by atoms with Gasteiger partial charge >= 0.3 is 0 Å². The van der Waals surface area contributed by atoms with E-state index in [1.165, 1.54) is 231 Å². The van der Waals surface area contributed by atoms with E-state index >= 15 is 0 Å². The molecule has 1 amide bonds. The molecule has 0 aromatic heterocycles. The van der Waals surface area contributed by atoms with Crippen molar-refractivity contribution in [2.45, 2.75) is 391 Å². The van der Waals surface area contributed by atoms with Crippen molar-refractivity contribution in [2.24, 2.45) is 0 Å². The van der Waals surface area contributed by atoms with Crippen molar-refractivity contribution in [2.75, 3.05) is 13.2 Å². The second-order valence-electron chi connectivity index (χ2n) is 27.1. The highest BCUT2D eigenvalue weighted by atomic mass is 16.7. The molecule has 95 heavy (non-hydrogen) atoms. The SMILES string of the molecule is CC/C=C\C/C=C\C/C=C\C/C=C\C/C=C\C/C=C\C/C=C\C/C=C\CCCCCCCCCCCCCCCCCCC(=O)NC(COC1OC(CO)C(O)C(O)C1O)C(O)/C=C/CC/C=C/CC/C=C/CCCCCCCCCCCCCCCCCCCCCCC. The Balaban J connectivity index is 2.11. The Labute approximate surface area is 585 Å². The molecule has 1 rings (SSSR count). The molecule has 0 radical (unpaired) electrons. The molecule has 1 aliphatic rings. The lowest BCUT2D eigenvalue weighted by atomic mass is 9.99. The number of hydrogen-bond acceptors (Lipinski definition) is 8. The Kier molecular flexibility index (Phi) is 68.7. The highest BCUT2D eigenvalue weighted by molar-refractivity contribution is 5.76. The summed E-state index contributed by atoms with van der Waals surface area (Å²) in [6, 6.07) is -0.838. The lowest BCUT2D eigenvalue weighted by Crippen LogP contribution is -2.60. The normalized spacial score (nSPS) is 18.2. The van der Waals surface area contributed by atoms with Crippen LogP contribution in [0.5, 0.6) is 0 Å². The third kappa shape index (κ3) is 61.2. The molecular weight excluding hydrogens is 1170 g/mol. The van der Waals surface area contributed by atoms with Gasteiger partial charge in [0.15, 0.2) is 6.29 Å². The van der Waals surface area contributed by atoms with Crippen LogP contribution in [0.15, 0.2) is 134 Å². The maximum absolute atomic E-state index is 13.2. The van der Waals surface area contributed by atoms with E-state index in [9.17, 15) is 30.3 Å². The first-order chi connectivity index (χ1) is 46.8. The molecule has 1 fully saturated rings. The van der Waals surface area contributed by atoms with Gasteiger partial charge in [0.05, 0.1) is 25.4 Å². The summed E-state index contributed by atoms with van der Waals surface area (Å²) in [6.07, 6.45) is 104. The largest absolute Gasteiger partial charge is 0.394 e. The average molecular weight is 1330 g/mol. The summed E-state index contributed by atoms with van der Waals surface area (Å²) in [4.78, 5) is 13.2. The number of ether oxygens (including phenoxy) is 2. The zero-order chi connectivity index (χ0) is 68.5. The molecule has 0 aromatic rings. The van der Waals surface area contributed by atoms with Crippen molar-refractivity contribution in [3.63, 3.8) is 0 Å². The number of aliphatic hydroxyl groups is 5. The van der Waals surface area contributed by atoms with Crippen LogP contribution in [-0.2, 0) is 14.3 Å². The topological polar surface area (TPSA) is 149 Å². The van der Waals surface area contributed by atoms with Gasteiger partial charge in [-0.3, -0.25) is 4.79 Å². The molecule has 0 aliphatic carbocycles. The van der Waals surface area contributed by atoms with Gasteiger partial charge in [-0.2, -0.15) is 0 Å². The van der Waals surface area contributed by atoms with Crippen molar-refractivity contribution in [1.82, 2.24) is 5.32 Å². The molecule has 0 saturated carbocycles. The van der Waals surface area contributed by atoms with Gasteiger partial charge in [0, 0.05) is 6.42 Å². The first kappa shape index (κ1) is 89.3. The van der Waals surface area contributed by atoms with Crippen molar-refractivity contribution >= 4 is 5.91 Å². The van der Waals surface area contributed by atoms with Crippen LogP contribution >= 0.6 is 0 Å². The van der Waals surface area contributed by atoms with Crippen LogP contribution < -0.4 is 5.32 Å². The first-order valence-corrected chi connectivity index (χ1v) is 39.9. The highest BCUT2D eigenvalue weighted by Crippen LogP contribution is 2.23. The summed E-state index contributed by atoms with van der Waals surface area (Å²) in [5.41, 5.74) is 0. The molecule has 1 heterocycles. The monoisotopic (exact) mass is 1320 g/mol. The molecule has 546 valence electrons. The van der Waals surface area contributed by atoms with Crippen LogP contribution in [0.1, 0.15) is 348 Å². The molecule has 7 atom stereocenters. The minimum Gasteiger partial charge on any atom is -0.394 e. The predicted molar refractivity (Wildman–Crippen MR) is 410 cm³/mol. The minimum absolute atomic E-state index is 0.191. The maximum atomic E-state index is 13.2. The molecule has 6 N–H and O–H groups in total. The summed E-state index contributed by atoms with van der Waals surface area (Å²) in [6.45, 7) is 3.68. The molecule has 0 aromatic carbocycles. The molecule has 7 unspecified atom stereocenters. The van der Waals surface area contributed by atoms with Crippen LogP contribution in [-0.4, -0.2) is 87.5 Å². The summed E-state index contributed by atoms with van der Waals surface area (Å²) in [5, 5.41) is 54.9. The van der Waals surface area contributed by atoms with Gasteiger partial charge in [-0.15, -0.1) is 0 Å². The van der Waals surface area contributed by atoms with E-state index in [-0.39, 0.29) is 12.5 Å². The number of allylic oxidation sites excluding steroid dienone is 21. The van der Waals surface area contributed by atoms with Crippen LogP contribution in [0, 0.1) is 0 Å². The number of unbranched alkanes of at least 4 members (excludes halogenated alkanes) is 39. The summed E-state index contributed by atoms with van der Waals surface area (Å²) >= 11 is 0. The van der Waals surface area contributed by atoms with Crippen LogP contribution in [0.3, 0.4) is 0 Å². The van der Waals surface area contributed by atoms with Gasteiger partial charge < -0.3 is 40.3 Å². The fourth-order valence-corrected chi connectivity index (χ4v) is 12.0. The lowest BCUT2D eigenvalue weighted by Gasteiger charge is -2.40. The van der Waals surface area contributed by atoms with E-state index < -0.39 is 49.5 Å². The second kappa shape index (κ2) is 73.1. The lowest BCUT2D eigenvalue weighted by molar-refractivity contribution is -0.302. The maximum Gasteiger partial charge on any atom is 0.220 e. The van der Waals surface area contributed by atoms with Crippen LogP contribution in [0.25, 0.3) is 0 Å². The van der Waals surface area contributed by atoms with Gasteiger partial charge in [0.1, 0.15) is 24.4 Å². The summed E-state index contributed by atoms with van der Waals surface area (Å²) in [7, 11) is 0. The van der Waals surface area contributed by atoms with Gasteiger partial charge in [-0.25, -0.2) is 0 Å². The number of amides is 1. The Bertz CT molecular complexity index is 1980. The van der Waals surface area contributed by atoms with Crippen molar-refractivity contribution in [1.29, 1.82) is 0 Å². The minimum atomic E-state index is -1.58. The Morgan fingerprint density at radius 1 is 0.368 bits per heavy atom. The molecule has 0 spiro atoms. The number of carbonyl (C=O) groups is 1. The third-order valence-electron chi connectivity index (χ3n) is 18.2. The fraction of sp³-hybridized carbons (Fsp3) is 0.733. The van der Waals surface area contributed by atoms with Gasteiger partial charge in [-0.1, -0.05) is 366 Å². The fourth-order valence-electron chi connectivity index (χ4n) is 12.0. The zero-order valence-corrected chi connectivity index (χ0v) is 61.4. The smallest absolute Gasteiger partial charge is 0.220 e. The molecular formula is C86H149NO8. The number of aliphatic hydroxyl groups excluding tert-OH is 5. The third-order valence-corrected chi connectivity index (χ3v) is 18.2. The number of carbonyl (C=O) groups excluding carboxylic acids is 1. The van der Waals surface area contributed by atoms with Crippen molar-refractivity contribution in [3.8, 4) is 0 Å². The van der Waals surface area contributed by atoms with Gasteiger partial charge in [0.25, 0.3) is 0 Å². The molecule has 9 heteroatoms. The van der Waals surface area contributed by atoms with E-state index in [1.54, 1.807) is 6.08 Å². The van der Waals surface area contributed by atoms with E-state index in [1.807, 2.05) is 6.08 Å². The molecule has 9 nitrogen and oxygen atoms in total. The van der Waals surface area contributed by atoms with Crippen LogP contribution in [0.2, 0.25) is 0 Å². The van der Waals surface area contributed by atoms with E-state index in [2.05, 4.69) is 141 Å². The molecule has 0 bridgehead atoms.